The van der Waals surface area contributed by atoms with Crippen molar-refractivity contribution in [3.05, 3.63) is 71.4 Å². The molecule has 0 saturated heterocycles. The van der Waals surface area contributed by atoms with Gasteiger partial charge in [0, 0.05) is 12.1 Å². The average molecular weight is 318 g/mol. The van der Waals surface area contributed by atoms with Crippen LogP contribution < -0.4 is 5.73 Å². The van der Waals surface area contributed by atoms with E-state index in [1.54, 1.807) is 28.9 Å². The van der Waals surface area contributed by atoms with Gasteiger partial charge in [-0.15, -0.1) is 0 Å². The summed E-state index contributed by atoms with van der Waals surface area (Å²) in [4.78, 5) is 11.3. The Kier molecular flexibility index (Phi) is 4.10. The third kappa shape index (κ3) is 2.89. The molecule has 0 unspecified atom stereocenters. The molecule has 0 saturated carbocycles. The van der Waals surface area contributed by atoms with Crippen molar-refractivity contribution in [2.75, 3.05) is 0 Å². The first-order valence-corrected chi connectivity index (χ1v) is 7.25. The van der Waals surface area contributed by atoms with Crippen molar-refractivity contribution in [3.63, 3.8) is 0 Å². The van der Waals surface area contributed by atoms with Crippen LogP contribution in [0.3, 0.4) is 0 Å². The Hall–Kier alpha value is -3.43. The quantitative estimate of drug-likeness (QED) is 0.769. The van der Waals surface area contributed by atoms with Gasteiger partial charge in [0.1, 0.15) is 0 Å². The summed E-state index contributed by atoms with van der Waals surface area (Å²) < 4.78 is 1.56. The maximum atomic E-state index is 11.3. The van der Waals surface area contributed by atoms with E-state index in [0.29, 0.717) is 23.5 Å². The van der Waals surface area contributed by atoms with Crippen LogP contribution in [0, 0.1) is 11.3 Å². The predicted octanol–water partition coefficient (Wildman–Crippen LogP) is 2.57. The van der Waals surface area contributed by atoms with E-state index >= 15 is 0 Å². The van der Waals surface area contributed by atoms with E-state index in [1.165, 1.54) is 6.07 Å². The Balaban J connectivity index is 2.13. The molecule has 118 valence electrons. The highest BCUT2D eigenvalue weighted by Crippen LogP contribution is 2.25. The lowest BCUT2D eigenvalue weighted by Gasteiger charge is -2.08. The molecule has 6 heteroatoms. The molecule has 3 rings (SSSR count). The number of carboxylic acid groups (broad SMARTS) is 1. The van der Waals surface area contributed by atoms with E-state index in [-0.39, 0.29) is 5.69 Å². The van der Waals surface area contributed by atoms with Gasteiger partial charge in [-0.1, -0.05) is 24.3 Å². The lowest BCUT2D eigenvalue weighted by molar-refractivity contribution is 0.0690. The largest absolute Gasteiger partial charge is 0.476 e. The number of nitriles is 1. The molecular formula is C18H14N4O2. The molecule has 1 heterocycles. The van der Waals surface area contributed by atoms with Crippen LogP contribution in [0.5, 0.6) is 0 Å². The Labute approximate surface area is 138 Å². The number of aromatic carboxylic acids is 1. The van der Waals surface area contributed by atoms with E-state index in [1.807, 2.05) is 24.3 Å². The van der Waals surface area contributed by atoms with Crippen LogP contribution in [-0.2, 0) is 6.54 Å². The molecule has 0 radical (unpaired) electrons. The third-order valence-corrected chi connectivity index (χ3v) is 3.65. The maximum Gasteiger partial charge on any atom is 0.356 e. The summed E-state index contributed by atoms with van der Waals surface area (Å²) in [7, 11) is 0. The molecular weight excluding hydrogens is 304 g/mol. The van der Waals surface area contributed by atoms with Crippen molar-refractivity contribution in [2.45, 2.75) is 6.54 Å². The number of hydrogen-bond acceptors (Lipinski definition) is 4. The van der Waals surface area contributed by atoms with Crippen LogP contribution in [0.15, 0.2) is 54.6 Å². The van der Waals surface area contributed by atoms with Crippen LogP contribution in [0.2, 0.25) is 0 Å². The van der Waals surface area contributed by atoms with Crippen molar-refractivity contribution in [3.8, 4) is 23.0 Å². The molecule has 2 aromatic carbocycles. The number of nitrogens with zero attached hydrogens (tertiary/aromatic N) is 3. The summed E-state index contributed by atoms with van der Waals surface area (Å²) >= 11 is 0. The zero-order chi connectivity index (χ0) is 17.1. The second-order valence-electron chi connectivity index (χ2n) is 5.19. The first kappa shape index (κ1) is 15.5. The standard InChI is InChI=1S/C18H14N4O2/c19-10-12-1-5-14(6-2-12)17-9-16(18(23)24)21-22(17)15-7-3-13(11-20)4-8-15/h1-9H,10,19H2,(H,23,24). The first-order chi connectivity index (χ1) is 11.6. The molecule has 0 aliphatic heterocycles. The van der Waals surface area contributed by atoms with Gasteiger partial charge in [-0.25, -0.2) is 9.48 Å². The highest BCUT2D eigenvalue weighted by atomic mass is 16.4. The van der Waals surface area contributed by atoms with Gasteiger partial charge in [-0.3, -0.25) is 0 Å². The summed E-state index contributed by atoms with van der Waals surface area (Å²) in [5.74, 6) is -1.10. The smallest absolute Gasteiger partial charge is 0.356 e. The molecule has 6 nitrogen and oxygen atoms in total. The fourth-order valence-electron chi connectivity index (χ4n) is 2.38. The van der Waals surface area contributed by atoms with Gasteiger partial charge >= 0.3 is 5.97 Å². The summed E-state index contributed by atoms with van der Waals surface area (Å²) in [5, 5.41) is 22.3. The minimum absolute atomic E-state index is 0.0442. The van der Waals surface area contributed by atoms with Crippen LogP contribution in [-0.4, -0.2) is 20.9 Å². The molecule has 0 atom stereocenters. The fourth-order valence-corrected chi connectivity index (χ4v) is 2.38. The maximum absolute atomic E-state index is 11.3. The zero-order valence-corrected chi connectivity index (χ0v) is 12.7. The SMILES string of the molecule is N#Cc1ccc(-n2nc(C(=O)O)cc2-c2ccc(CN)cc2)cc1. The Morgan fingerprint density at radius 2 is 1.83 bits per heavy atom. The third-order valence-electron chi connectivity index (χ3n) is 3.65. The lowest BCUT2D eigenvalue weighted by Crippen LogP contribution is -2.02. The van der Waals surface area contributed by atoms with Gasteiger partial charge < -0.3 is 10.8 Å². The monoisotopic (exact) mass is 318 g/mol. The lowest BCUT2D eigenvalue weighted by atomic mass is 10.1. The molecule has 3 aromatic rings. The van der Waals surface area contributed by atoms with Gasteiger partial charge in [-0.2, -0.15) is 10.4 Å². The fraction of sp³-hybridized carbons (Fsp3) is 0.0556. The number of carbonyl (C=O) groups is 1. The minimum Gasteiger partial charge on any atom is -0.476 e. The van der Waals surface area contributed by atoms with Crippen molar-refractivity contribution in [1.82, 2.24) is 9.78 Å². The highest BCUT2D eigenvalue weighted by molar-refractivity contribution is 5.87. The van der Waals surface area contributed by atoms with Crippen molar-refractivity contribution < 1.29 is 9.90 Å². The zero-order valence-electron chi connectivity index (χ0n) is 12.7. The van der Waals surface area contributed by atoms with Crippen LogP contribution in [0.25, 0.3) is 16.9 Å². The van der Waals surface area contributed by atoms with Crippen LogP contribution in [0.1, 0.15) is 21.6 Å². The molecule has 1 aromatic heterocycles. The molecule has 0 fully saturated rings. The second kappa shape index (κ2) is 6.36. The second-order valence-corrected chi connectivity index (χ2v) is 5.19. The molecule has 0 aliphatic carbocycles. The number of carboxylic acids is 1. The molecule has 0 spiro atoms. The number of benzene rings is 2. The van der Waals surface area contributed by atoms with Crippen molar-refractivity contribution >= 4 is 5.97 Å². The summed E-state index contributed by atoms with van der Waals surface area (Å²) in [6.07, 6.45) is 0. The Bertz CT molecular complexity index is 919. The number of hydrogen-bond donors (Lipinski definition) is 2. The van der Waals surface area contributed by atoms with Gasteiger partial charge in [-0.05, 0) is 35.9 Å². The first-order valence-electron chi connectivity index (χ1n) is 7.25. The molecule has 0 amide bonds. The number of aromatic nitrogens is 2. The van der Waals surface area contributed by atoms with Gasteiger partial charge in [0.25, 0.3) is 0 Å². The summed E-state index contributed by atoms with van der Waals surface area (Å²) in [6, 6.07) is 17.9. The van der Waals surface area contributed by atoms with E-state index in [0.717, 1.165) is 11.1 Å². The Morgan fingerprint density at radius 1 is 1.17 bits per heavy atom. The molecule has 0 aliphatic rings. The molecule has 0 bridgehead atoms. The minimum atomic E-state index is -1.10. The summed E-state index contributed by atoms with van der Waals surface area (Å²) in [5.41, 5.74) is 9.24. The summed E-state index contributed by atoms with van der Waals surface area (Å²) in [6.45, 7) is 0.440. The van der Waals surface area contributed by atoms with Gasteiger partial charge in [0.15, 0.2) is 5.69 Å². The Morgan fingerprint density at radius 3 is 2.38 bits per heavy atom. The number of rotatable bonds is 4. The van der Waals surface area contributed by atoms with Crippen LogP contribution in [0.4, 0.5) is 0 Å². The molecule has 3 N–H and O–H groups in total. The van der Waals surface area contributed by atoms with E-state index in [2.05, 4.69) is 11.2 Å². The van der Waals surface area contributed by atoms with Crippen molar-refractivity contribution in [2.24, 2.45) is 5.73 Å². The van der Waals surface area contributed by atoms with Gasteiger partial charge in [0.05, 0.1) is 23.0 Å². The average Bonchev–Trinajstić information content (AvgIpc) is 3.07. The van der Waals surface area contributed by atoms with Crippen molar-refractivity contribution in [1.29, 1.82) is 5.26 Å². The molecule has 24 heavy (non-hydrogen) atoms. The normalized spacial score (nSPS) is 10.3. The van der Waals surface area contributed by atoms with Crippen LogP contribution >= 0.6 is 0 Å². The van der Waals surface area contributed by atoms with Gasteiger partial charge in [0.2, 0.25) is 0 Å². The topological polar surface area (TPSA) is 105 Å². The van der Waals surface area contributed by atoms with E-state index in [4.69, 9.17) is 11.0 Å². The van der Waals surface area contributed by atoms with E-state index < -0.39 is 5.97 Å². The highest BCUT2D eigenvalue weighted by Gasteiger charge is 2.16. The van der Waals surface area contributed by atoms with E-state index in [9.17, 15) is 9.90 Å². The number of nitrogens with two attached hydrogens (primary N) is 1. The predicted molar refractivity (Wildman–Crippen MR) is 88.6 cm³/mol.